The minimum absolute atomic E-state index is 0.0390. The second kappa shape index (κ2) is 10.4. The molecule has 35 heavy (non-hydrogen) atoms. The highest BCUT2D eigenvalue weighted by atomic mass is 35.5. The number of hydrogen-bond donors (Lipinski definition) is 1. The van der Waals surface area contributed by atoms with Gasteiger partial charge in [-0.3, -0.25) is 4.90 Å². The molecule has 0 radical (unpaired) electrons. The fourth-order valence-corrected chi connectivity index (χ4v) is 5.49. The van der Waals surface area contributed by atoms with E-state index in [0.29, 0.717) is 41.8 Å². The maximum absolute atomic E-state index is 13.6. The van der Waals surface area contributed by atoms with Gasteiger partial charge < -0.3 is 23.9 Å². The van der Waals surface area contributed by atoms with E-state index in [1.54, 1.807) is 30.3 Å². The van der Waals surface area contributed by atoms with Gasteiger partial charge in [0, 0.05) is 25.7 Å². The average Bonchev–Trinajstić information content (AvgIpc) is 3.32. The monoisotopic (exact) mass is 519 g/mol. The summed E-state index contributed by atoms with van der Waals surface area (Å²) in [5.74, 6) is 1.10. The zero-order valence-electron chi connectivity index (χ0n) is 19.0. The first-order valence-corrected chi connectivity index (χ1v) is 13.3. The van der Waals surface area contributed by atoms with Gasteiger partial charge in [0.1, 0.15) is 13.2 Å². The molecule has 0 amide bonds. The van der Waals surface area contributed by atoms with Crippen LogP contribution in [0.3, 0.4) is 0 Å². The fourth-order valence-electron chi connectivity index (χ4n) is 3.98. The highest BCUT2D eigenvalue weighted by molar-refractivity contribution is 7.91. The highest BCUT2D eigenvalue weighted by Crippen LogP contribution is 2.38. The lowest BCUT2D eigenvalue weighted by Gasteiger charge is -2.26. The second-order valence-electron chi connectivity index (χ2n) is 8.18. The van der Waals surface area contributed by atoms with Crippen molar-refractivity contribution in [2.24, 2.45) is 0 Å². The van der Waals surface area contributed by atoms with E-state index in [9.17, 15) is 8.42 Å². The molecular weight excluding hydrogens is 494 g/mol. The van der Waals surface area contributed by atoms with Crippen molar-refractivity contribution in [3.8, 4) is 23.0 Å². The lowest BCUT2D eigenvalue weighted by atomic mass is 10.2. The third-order valence-electron chi connectivity index (χ3n) is 5.82. The zero-order valence-corrected chi connectivity index (χ0v) is 20.6. The minimum atomic E-state index is -4.03. The lowest BCUT2D eigenvalue weighted by molar-refractivity contribution is 0.0378. The molecule has 1 fully saturated rings. The second-order valence-corrected chi connectivity index (χ2v) is 10.4. The quantitative estimate of drug-likeness (QED) is 0.446. The molecule has 0 spiro atoms. The summed E-state index contributed by atoms with van der Waals surface area (Å²) in [5.41, 5.74) is 0.508. The molecule has 0 aliphatic carbocycles. The number of aromatic nitrogens is 1. The number of rotatable bonds is 8. The van der Waals surface area contributed by atoms with Gasteiger partial charge in [-0.15, -0.1) is 0 Å². The number of anilines is 1. The Morgan fingerprint density at radius 1 is 1.00 bits per heavy atom. The van der Waals surface area contributed by atoms with Crippen LogP contribution >= 0.6 is 11.6 Å². The molecule has 2 aromatic carbocycles. The Bertz CT molecular complexity index is 1290. The van der Waals surface area contributed by atoms with Crippen LogP contribution in [-0.4, -0.2) is 70.9 Å². The Balaban J connectivity index is 1.43. The summed E-state index contributed by atoms with van der Waals surface area (Å²) in [6.45, 7) is 5.40. The number of nitrogens with one attached hydrogen (secondary N) is 1. The molecule has 5 rings (SSSR count). The fraction of sp³-hybridized carbons (Fsp3) is 0.375. The van der Waals surface area contributed by atoms with Gasteiger partial charge in [0.25, 0.3) is 0 Å². The number of benzene rings is 2. The molecule has 0 saturated carbocycles. The molecule has 2 aliphatic heterocycles. The third-order valence-corrected chi connectivity index (χ3v) is 7.81. The van der Waals surface area contributed by atoms with Crippen LogP contribution in [0, 0.1) is 0 Å². The summed E-state index contributed by atoms with van der Waals surface area (Å²) in [7, 11) is -4.03. The first-order valence-electron chi connectivity index (χ1n) is 11.5. The Labute approximate surface area is 208 Å². The predicted octanol–water partition coefficient (Wildman–Crippen LogP) is 3.73. The number of sulfone groups is 1. The van der Waals surface area contributed by atoms with Crippen LogP contribution in [0.5, 0.6) is 11.5 Å². The summed E-state index contributed by atoms with van der Waals surface area (Å²) >= 11 is 6.33. The summed E-state index contributed by atoms with van der Waals surface area (Å²) < 4.78 is 49.7. The molecule has 3 aromatic rings. The number of halogens is 1. The van der Waals surface area contributed by atoms with Crippen LogP contribution in [0.2, 0.25) is 5.02 Å². The molecule has 2 aliphatic rings. The van der Waals surface area contributed by atoms with Gasteiger partial charge in [-0.05, 0) is 37.2 Å². The third kappa shape index (κ3) is 5.25. The predicted molar refractivity (Wildman–Crippen MR) is 130 cm³/mol. The first-order chi connectivity index (χ1) is 17.0. The van der Waals surface area contributed by atoms with E-state index in [1.165, 1.54) is 12.1 Å². The van der Waals surface area contributed by atoms with E-state index in [-0.39, 0.29) is 21.7 Å². The molecule has 1 aromatic heterocycles. The summed E-state index contributed by atoms with van der Waals surface area (Å²) in [6, 6.07) is 11.5. The number of nitrogens with zero attached hydrogens (tertiary/aromatic N) is 2. The molecule has 0 unspecified atom stereocenters. The molecule has 186 valence electrons. The van der Waals surface area contributed by atoms with Crippen LogP contribution in [0.15, 0.2) is 56.8 Å². The van der Waals surface area contributed by atoms with Crippen molar-refractivity contribution in [1.29, 1.82) is 0 Å². The molecular formula is C24H26ClN3O6S. The summed E-state index contributed by atoms with van der Waals surface area (Å²) in [6.07, 6.45) is 0.797. The molecule has 0 bridgehead atoms. The van der Waals surface area contributed by atoms with Crippen molar-refractivity contribution < 1.29 is 27.0 Å². The van der Waals surface area contributed by atoms with Crippen molar-refractivity contribution in [2.75, 3.05) is 57.9 Å². The van der Waals surface area contributed by atoms with Gasteiger partial charge in [0.2, 0.25) is 26.6 Å². The van der Waals surface area contributed by atoms with Crippen molar-refractivity contribution in [3.05, 3.63) is 47.5 Å². The lowest BCUT2D eigenvalue weighted by Crippen LogP contribution is -2.37. The van der Waals surface area contributed by atoms with E-state index in [0.717, 1.165) is 39.3 Å². The van der Waals surface area contributed by atoms with Gasteiger partial charge in [-0.25, -0.2) is 8.42 Å². The van der Waals surface area contributed by atoms with Crippen molar-refractivity contribution in [3.63, 3.8) is 0 Å². The molecule has 3 heterocycles. The minimum Gasteiger partial charge on any atom is -0.486 e. The smallest absolute Gasteiger partial charge is 0.233 e. The van der Waals surface area contributed by atoms with Crippen LogP contribution in [0.25, 0.3) is 11.5 Å². The van der Waals surface area contributed by atoms with Crippen LogP contribution < -0.4 is 14.8 Å². The zero-order chi connectivity index (χ0) is 24.3. The Hall–Kier alpha value is -2.79. The summed E-state index contributed by atoms with van der Waals surface area (Å²) in [4.78, 5) is 6.72. The molecule has 0 atom stereocenters. The Morgan fingerprint density at radius 3 is 2.57 bits per heavy atom. The highest BCUT2D eigenvalue weighted by Gasteiger charge is 2.30. The first kappa shape index (κ1) is 23.9. The van der Waals surface area contributed by atoms with Crippen molar-refractivity contribution in [2.45, 2.75) is 16.3 Å². The average molecular weight is 520 g/mol. The molecule has 1 N–H and O–H groups in total. The van der Waals surface area contributed by atoms with Crippen LogP contribution in [0.4, 0.5) is 5.88 Å². The largest absolute Gasteiger partial charge is 0.486 e. The van der Waals surface area contributed by atoms with E-state index < -0.39 is 9.84 Å². The molecule has 9 nitrogen and oxygen atoms in total. The van der Waals surface area contributed by atoms with E-state index >= 15 is 0 Å². The maximum Gasteiger partial charge on any atom is 0.233 e. The topological polar surface area (TPSA) is 103 Å². The SMILES string of the molecule is O=S(=O)(c1ccc2c(c1)OCCO2)c1nc(-c2ccccc2Cl)oc1NCCCN1CCOCC1. The van der Waals surface area contributed by atoms with Gasteiger partial charge in [-0.2, -0.15) is 4.98 Å². The van der Waals surface area contributed by atoms with Crippen molar-refractivity contribution >= 4 is 27.3 Å². The van der Waals surface area contributed by atoms with Gasteiger partial charge in [0.15, 0.2) is 11.5 Å². The van der Waals surface area contributed by atoms with Gasteiger partial charge in [0.05, 0.1) is 28.7 Å². The number of ether oxygens (including phenoxy) is 3. The van der Waals surface area contributed by atoms with Crippen LogP contribution in [0.1, 0.15) is 6.42 Å². The van der Waals surface area contributed by atoms with Crippen LogP contribution in [-0.2, 0) is 14.6 Å². The number of hydrogen-bond acceptors (Lipinski definition) is 9. The van der Waals surface area contributed by atoms with Gasteiger partial charge >= 0.3 is 0 Å². The molecule has 1 saturated heterocycles. The van der Waals surface area contributed by atoms with E-state index in [2.05, 4.69) is 15.2 Å². The normalized spacial score (nSPS) is 16.3. The van der Waals surface area contributed by atoms with Gasteiger partial charge in [-0.1, -0.05) is 23.7 Å². The van der Waals surface area contributed by atoms with Crippen molar-refractivity contribution in [1.82, 2.24) is 9.88 Å². The van der Waals surface area contributed by atoms with E-state index in [1.807, 2.05) is 0 Å². The number of fused-ring (bicyclic) bond motifs is 1. The Kier molecular flexibility index (Phi) is 7.14. The number of oxazole rings is 1. The standard InChI is InChI=1S/C24H26ClN3O6S/c25-19-5-2-1-4-18(19)22-27-24(23(34-22)26-8-3-9-28-10-12-31-13-11-28)35(29,30)17-6-7-20-21(16-17)33-15-14-32-20/h1-2,4-7,16,26H,3,8-15H2. The van der Waals surface area contributed by atoms with E-state index in [4.69, 9.17) is 30.2 Å². The number of morpholine rings is 1. The Morgan fingerprint density at radius 2 is 1.77 bits per heavy atom. The summed E-state index contributed by atoms with van der Waals surface area (Å²) in [5, 5.41) is 3.35. The maximum atomic E-state index is 13.6. The molecule has 11 heteroatoms.